The lowest BCUT2D eigenvalue weighted by Crippen LogP contribution is -2.26. The summed E-state index contributed by atoms with van der Waals surface area (Å²) in [7, 11) is -2.45. The van der Waals surface area contributed by atoms with Gasteiger partial charge in [-0.15, -0.1) is 0 Å². The maximum Gasteiger partial charge on any atom is 0.387 e. The number of ether oxygens (including phenoxy) is 1. The zero-order valence-electron chi connectivity index (χ0n) is 12.0. The van der Waals surface area contributed by atoms with Gasteiger partial charge in [-0.3, -0.25) is 4.98 Å². The van der Waals surface area contributed by atoms with E-state index in [1.807, 2.05) is 0 Å². The summed E-state index contributed by atoms with van der Waals surface area (Å²) in [5.74, 6) is -0.284. The predicted molar refractivity (Wildman–Crippen MR) is 81.0 cm³/mol. The van der Waals surface area contributed by atoms with Crippen molar-refractivity contribution in [3.05, 3.63) is 53.3 Å². The summed E-state index contributed by atoms with van der Waals surface area (Å²) in [5, 5.41) is -0.211. The van der Waals surface area contributed by atoms with Crippen LogP contribution in [0.3, 0.4) is 0 Å². The first-order valence-corrected chi connectivity index (χ1v) is 8.23. The highest BCUT2D eigenvalue weighted by Crippen LogP contribution is 2.29. The summed E-state index contributed by atoms with van der Waals surface area (Å²) in [4.78, 5) is 3.93. The fourth-order valence-electron chi connectivity index (χ4n) is 1.82. The Labute approximate surface area is 137 Å². The summed E-state index contributed by atoms with van der Waals surface area (Å²) in [6.45, 7) is -2.97. The number of hydrogen-bond donors (Lipinski definition) is 0. The Kier molecular flexibility index (Phi) is 5.51. The van der Waals surface area contributed by atoms with Crippen LogP contribution in [0.5, 0.6) is 5.75 Å². The maximum absolute atomic E-state index is 12.5. The molecule has 0 amide bonds. The van der Waals surface area contributed by atoms with Crippen molar-refractivity contribution >= 4 is 21.6 Å². The van der Waals surface area contributed by atoms with Crippen molar-refractivity contribution in [3.63, 3.8) is 0 Å². The molecule has 0 bridgehead atoms. The average Bonchev–Trinajstić information content (AvgIpc) is 2.49. The SMILES string of the molecule is CN(Cc1ccccn1)S(=O)(=O)c1ccc(OC(F)F)c(Cl)c1. The smallest absolute Gasteiger partial charge is 0.387 e. The van der Waals surface area contributed by atoms with E-state index < -0.39 is 16.6 Å². The van der Waals surface area contributed by atoms with E-state index in [1.165, 1.54) is 7.05 Å². The molecule has 2 rings (SSSR count). The van der Waals surface area contributed by atoms with Crippen molar-refractivity contribution in [3.8, 4) is 5.75 Å². The minimum Gasteiger partial charge on any atom is -0.433 e. The molecule has 0 aliphatic heterocycles. The van der Waals surface area contributed by atoms with Gasteiger partial charge in [-0.05, 0) is 30.3 Å². The summed E-state index contributed by atoms with van der Waals surface area (Å²) in [6.07, 6.45) is 1.56. The first-order valence-electron chi connectivity index (χ1n) is 6.41. The Balaban J connectivity index is 2.23. The Hall–Kier alpha value is -1.77. The molecule has 23 heavy (non-hydrogen) atoms. The molecule has 2 aromatic rings. The topological polar surface area (TPSA) is 59.5 Å². The number of hydrogen-bond acceptors (Lipinski definition) is 4. The predicted octanol–water partition coefficient (Wildman–Crippen LogP) is 3.16. The molecule has 0 N–H and O–H groups in total. The Morgan fingerprint density at radius 2 is 2.04 bits per heavy atom. The van der Waals surface area contributed by atoms with E-state index in [0.29, 0.717) is 5.69 Å². The van der Waals surface area contributed by atoms with E-state index in [1.54, 1.807) is 24.4 Å². The average molecular weight is 363 g/mol. The quantitative estimate of drug-likeness (QED) is 0.792. The van der Waals surface area contributed by atoms with Gasteiger partial charge < -0.3 is 4.74 Å². The van der Waals surface area contributed by atoms with Crippen molar-refractivity contribution in [2.24, 2.45) is 0 Å². The standard InChI is InChI=1S/C14H13ClF2N2O3S/c1-19(9-10-4-2-3-7-18-10)23(20,21)11-5-6-13(12(15)8-11)22-14(16)17/h2-8,14H,9H2,1H3. The highest BCUT2D eigenvalue weighted by atomic mass is 35.5. The molecule has 1 aromatic heterocycles. The van der Waals surface area contributed by atoms with Gasteiger partial charge in [-0.1, -0.05) is 17.7 Å². The number of nitrogens with zero attached hydrogens (tertiary/aromatic N) is 2. The molecule has 0 unspecified atom stereocenters. The normalized spacial score (nSPS) is 11.9. The van der Waals surface area contributed by atoms with E-state index in [9.17, 15) is 17.2 Å². The van der Waals surface area contributed by atoms with Crippen molar-refractivity contribution in [2.45, 2.75) is 18.1 Å². The molecule has 9 heteroatoms. The van der Waals surface area contributed by atoms with Crippen LogP contribution in [-0.2, 0) is 16.6 Å². The molecule has 124 valence electrons. The molecule has 0 atom stereocenters. The molecule has 0 radical (unpaired) electrons. The number of sulfonamides is 1. The molecule has 0 saturated heterocycles. The van der Waals surface area contributed by atoms with Gasteiger partial charge in [-0.25, -0.2) is 8.42 Å². The number of rotatable bonds is 6. The van der Waals surface area contributed by atoms with Gasteiger partial charge in [0.15, 0.2) is 0 Å². The Morgan fingerprint density at radius 3 is 2.61 bits per heavy atom. The lowest BCUT2D eigenvalue weighted by Gasteiger charge is -2.17. The number of halogens is 3. The van der Waals surface area contributed by atoms with Crippen LogP contribution >= 0.6 is 11.6 Å². The number of benzene rings is 1. The van der Waals surface area contributed by atoms with Crippen LogP contribution in [0.1, 0.15) is 5.69 Å². The molecule has 0 saturated carbocycles. The second-order valence-corrected chi connectivity index (χ2v) is 7.00. The van der Waals surface area contributed by atoms with Gasteiger partial charge in [0.05, 0.1) is 22.2 Å². The first kappa shape index (κ1) is 17.6. The number of alkyl halides is 2. The lowest BCUT2D eigenvalue weighted by atomic mass is 10.3. The van der Waals surface area contributed by atoms with Crippen LogP contribution in [0.4, 0.5) is 8.78 Å². The van der Waals surface area contributed by atoms with Crippen molar-refractivity contribution in [1.82, 2.24) is 9.29 Å². The van der Waals surface area contributed by atoms with Gasteiger partial charge in [0.2, 0.25) is 10.0 Å². The minimum absolute atomic E-state index is 0.0656. The molecule has 5 nitrogen and oxygen atoms in total. The van der Waals surface area contributed by atoms with Crippen LogP contribution in [0, 0.1) is 0 Å². The zero-order valence-corrected chi connectivity index (χ0v) is 13.6. The van der Waals surface area contributed by atoms with Crippen LogP contribution in [-0.4, -0.2) is 31.4 Å². The largest absolute Gasteiger partial charge is 0.433 e. The van der Waals surface area contributed by atoms with Gasteiger partial charge in [0.25, 0.3) is 0 Å². The third kappa shape index (κ3) is 4.37. The zero-order chi connectivity index (χ0) is 17.0. The lowest BCUT2D eigenvalue weighted by molar-refractivity contribution is -0.0498. The highest BCUT2D eigenvalue weighted by Gasteiger charge is 2.23. The molecule has 1 heterocycles. The van der Waals surface area contributed by atoms with Crippen molar-refractivity contribution in [1.29, 1.82) is 0 Å². The second-order valence-electron chi connectivity index (χ2n) is 4.55. The molecule has 0 aliphatic rings. The maximum atomic E-state index is 12.5. The summed E-state index contributed by atoms with van der Waals surface area (Å²) in [5.41, 5.74) is 0.572. The summed E-state index contributed by atoms with van der Waals surface area (Å²) in [6, 6.07) is 8.49. The van der Waals surface area contributed by atoms with Crippen LogP contribution in [0.15, 0.2) is 47.5 Å². The highest BCUT2D eigenvalue weighted by molar-refractivity contribution is 7.89. The first-order chi connectivity index (χ1) is 10.8. The van der Waals surface area contributed by atoms with Gasteiger partial charge in [0, 0.05) is 13.2 Å². The van der Waals surface area contributed by atoms with Gasteiger partial charge in [-0.2, -0.15) is 13.1 Å². The second kappa shape index (κ2) is 7.20. The van der Waals surface area contributed by atoms with Crippen molar-refractivity contribution in [2.75, 3.05) is 7.05 Å². The van der Waals surface area contributed by atoms with Crippen molar-refractivity contribution < 1.29 is 21.9 Å². The van der Waals surface area contributed by atoms with E-state index in [2.05, 4.69) is 9.72 Å². The molecule has 0 aliphatic carbocycles. The van der Waals surface area contributed by atoms with Crippen LogP contribution in [0.25, 0.3) is 0 Å². The monoisotopic (exact) mass is 362 g/mol. The summed E-state index contributed by atoms with van der Waals surface area (Å²) >= 11 is 5.79. The van der Waals surface area contributed by atoms with E-state index in [4.69, 9.17) is 11.6 Å². The van der Waals surface area contributed by atoms with E-state index in [-0.39, 0.29) is 22.2 Å². The minimum atomic E-state index is -3.84. The molecule has 1 aromatic carbocycles. The molecule has 0 fully saturated rings. The van der Waals surface area contributed by atoms with Gasteiger partial charge >= 0.3 is 6.61 Å². The van der Waals surface area contributed by atoms with Crippen LogP contribution < -0.4 is 4.74 Å². The third-order valence-corrected chi connectivity index (χ3v) is 5.03. The fraction of sp³-hybridized carbons (Fsp3) is 0.214. The molecular weight excluding hydrogens is 350 g/mol. The van der Waals surface area contributed by atoms with Gasteiger partial charge in [0.1, 0.15) is 5.75 Å². The molecule has 0 spiro atoms. The van der Waals surface area contributed by atoms with E-state index in [0.717, 1.165) is 22.5 Å². The van der Waals surface area contributed by atoms with E-state index >= 15 is 0 Å². The third-order valence-electron chi connectivity index (χ3n) is 2.94. The number of pyridine rings is 1. The number of aromatic nitrogens is 1. The fourth-order valence-corrected chi connectivity index (χ4v) is 3.28. The Bertz CT molecular complexity index is 773. The molecular formula is C14H13ClF2N2O3S. The van der Waals surface area contributed by atoms with Crippen LogP contribution in [0.2, 0.25) is 5.02 Å². The summed E-state index contributed by atoms with van der Waals surface area (Å²) < 4.78 is 54.6. The Morgan fingerprint density at radius 1 is 1.30 bits per heavy atom.